The minimum Gasteiger partial charge on any atom is -0.457 e. The smallest absolute Gasteiger partial charge is 0.331 e. The molecule has 1 aliphatic heterocycles. The van der Waals surface area contributed by atoms with Gasteiger partial charge in [0, 0.05) is 41.8 Å². The van der Waals surface area contributed by atoms with E-state index in [1.165, 1.54) is 4.90 Å². The lowest BCUT2D eigenvalue weighted by atomic mass is 9.81. The maximum absolute atomic E-state index is 11.7. The number of piperazine rings is 1. The van der Waals surface area contributed by atoms with Gasteiger partial charge in [0.25, 0.3) is 0 Å². The number of carbonyl (C=O) groups is 1. The Bertz CT molecular complexity index is 910. The molecule has 1 radical (unpaired) electrons. The monoisotopic (exact) mass is 471 g/mol. The Hall–Kier alpha value is -1.37. The van der Waals surface area contributed by atoms with Crippen molar-refractivity contribution in [2.45, 2.75) is 43.3 Å². The number of likely N-dealkylation sites (N-methyl/N-ethyl adjacent to an activating group) is 1. The van der Waals surface area contributed by atoms with E-state index < -0.39 is 5.60 Å². The second-order valence-electron chi connectivity index (χ2n) is 9.27. The summed E-state index contributed by atoms with van der Waals surface area (Å²) in [6.45, 7) is 12.6. The lowest BCUT2D eigenvalue weighted by Gasteiger charge is -2.39. The van der Waals surface area contributed by atoms with Crippen LogP contribution >= 0.6 is 21.2 Å². The van der Waals surface area contributed by atoms with Gasteiger partial charge in [-0.2, -0.15) is 0 Å². The summed E-state index contributed by atoms with van der Waals surface area (Å²) in [5.41, 5.74) is 0.854. The Morgan fingerprint density at radius 2 is 1.62 bits per heavy atom. The molecule has 3 rings (SSSR count). The Labute approximate surface area is 199 Å². The zero-order valence-corrected chi connectivity index (χ0v) is 21.6. The Balaban J connectivity index is 1.60. The van der Waals surface area contributed by atoms with Crippen molar-refractivity contribution in [1.82, 2.24) is 9.21 Å². The first-order valence-corrected chi connectivity index (χ1v) is 12.2. The van der Waals surface area contributed by atoms with Gasteiger partial charge in [-0.05, 0) is 74.7 Å². The van der Waals surface area contributed by atoms with Gasteiger partial charge in [-0.1, -0.05) is 19.9 Å². The van der Waals surface area contributed by atoms with E-state index in [0.29, 0.717) is 11.3 Å². The van der Waals surface area contributed by atoms with Crippen molar-refractivity contribution in [1.29, 1.82) is 0 Å². The predicted octanol–water partition coefficient (Wildman–Crippen LogP) is 4.24. The number of rotatable bonds is 9. The highest BCUT2D eigenvalue weighted by atomic mass is 32.2. The molecule has 32 heavy (non-hydrogen) atoms. The largest absolute Gasteiger partial charge is 0.457 e. The van der Waals surface area contributed by atoms with Gasteiger partial charge >= 0.3 is 7.48 Å². The molecule has 1 saturated heterocycles. The minimum absolute atomic E-state index is 0.122. The molecule has 2 aromatic carbocycles. The number of carbonyl (C=O) groups excluding carboxylic acids is 1. The highest BCUT2D eigenvalue weighted by Crippen LogP contribution is 2.33. The van der Waals surface area contributed by atoms with E-state index in [-0.39, 0.29) is 5.16 Å². The molecule has 0 spiro atoms. The van der Waals surface area contributed by atoms with Crippen molar-refractivity contribution < 1.29 is 14.2 Å². The molecule has 5 nitrogen and oxygen atoms in total. The number of hydrogen-bond donors (Lipinski definition) is 0. The first-order chi connectivity index (χ1) is 15.1. The third kappa shape index (κ3) is 6.82. The van der Waals surface area contributed by atoms with Gasteiger partial charge in [-0.15, -0.1) is 9.24 Å². The van der Waals surface area contributed by atoms with E-state index in [4.69, 9.17) is 9.39 Å². The molecule has 0 bridgehead atoms. The molecule has 1 heterocycles. The summed E-state index contributed by atoms with van der Waals surface area (Å²) in [5.74, 6) is 1.36. The van der Waals surface area contributed by atoms with Crippen LogP contribution in [0.1, 0.15) is 38.1 Å². The predicted molar refractivity (Wildman–Crippen MR) is 138 cm³/mol. The fourth-order valence-corrected chi connectivity index (χ4v) is 3.89. The van der Waals surface area contributed by atoms with Crippen LogP contribution in [0, 0.1) is 0 Å². The second kappa shape index (κ2) is 10.7. The highest BCUT2D eigenvalue weighted by molar-refractivity contribution is 7.97. The molecule has 0 saturated carbocycles. The SMILES string of the molecule is CN1CCN(Sc2ccc(Oc3ccc([B]OC(C)(C)C(C)(C)P)c(C=O)c3)cc2)CC1. The molecule has 1 atom stereocenters. The normalized spacial score (nSPS) is 16.1. The van der Waals surface area contributed by atoms with Gasteiger partial charge < -0.3 is 14.3 Å². The topological polar surface area (TPSA) is 42.0 Å². The van der Waals surface area contributed by atoms with Crippen LogP contribution in [-0.2, 0) is 4.65 Å². The number of ether oxygens (including phenoxy) is 1. The molecular formula is C24H33BN2O3PS. The fourth-order valence-electron chi connectivity index (χ4n) is 2.92. The average molecular weight is 471 g/mol. The van der Waals surface area contributed by atoms with Crippen LogP contribution in [-0.4, -0.2) is 67.0 Å². The van der Waals surface area contributed by atoms with Crippen molar-refractivity contribution in [2.24, 2.45) is 0 Å². The zero-order valence-electron chi connectivity index (χ0n) is 19.6. The molecule has 1 unspecified atom stereocenters. The summed E-state index contributed by atoms with van der Waals surface area (Å²) in [6, 6.07) is 13.5. The van der Waals surface area contributed by atoms with E-state index in [0.717, 1.165) is 43.7 Å². The van der Waals surface area contributed by atoms with Crippen LogP contribution in [0.15, 0.2) is 47.4 Å². The number of nitrogens with zero attached hydrogens (tertiary/aromatic N) is 2. The van der Waals surface area contributed by atoms with Gasteiger partial charge in [0.15, 0.2) is 0 Å². The van der Waals surface area contributed by atoms with E-state index >= 15 is 0 Å². The van der Waals surface area contributed by atoms with E-state index in [9.17, 15) is 4.79 Å². The second-order valence-corrected chi connectivity index (χ2v) is 11.9. The average Bonchev–Trinajstić information content (AvgIpc) is 2.75. The van der Waals surface area contributed by atoms with Crippen LogP contribution < -0.4 is 10.2 Å². The molecule has 0 aliphatic carbocycles. The van der Waals surface area contributed by atoms with Crippen molar-refractivity contribution in [2.75, 3.05) is 33.2 Å². The van der Waals surface area contributed by atoms with Crippen LogP contribution in [0.4, 0.5) is 0 Å². The first-order valence-electron chi connectivity index (χ1n) is 10.9. The first kappa shape index (κ1) is 25.3. The highest BCUT2D eigenvalue weighted by Gasteiger charge is 2.33. The van der Waals surface area contributed by atoms with Crippen molar-refractivity contribution in [3.8, 4) is 11.5 Å². The lowest BCUT2D eigenvalue weighted by Crippen LogP contribution is -2.45. The molecule has 171 valence electrons. The molecule has 8 heteroatoms. The molecule has 1 aliphatic rings. The van der Waals surface area contributed by atoms with Crippen molar-refractivity contribution in [3.63, 3.8) is 0 Å². The third-order valence-electron chi connectivity index (χ3n) is 5.97. The van der Waals surface area contributed by atoms with Crippen LogP contribution in [0.5, 0.6) is 11.5 Å². The van der Waals surface area contributed by atoms with E-state index in [1.807, 2.05) is 38.1 Å². The summed E-state index contributed by atoms with van der Waals surface area (Å²) < 4.78 is 14.4. The molecule has 2 aromatic rings. The Morgan fingerprint density at radius 3 is 2.22 bits per heavy atom. The van der Waals surface area contributed by atoms with Crippen LogP contribution in [0.25, 0.3) is 0 Å². The maximum atomic E-state index is 11.7. The van der Waals surface area contributed by atoms with Crippen molar-refractivity contribution in [3.05, 3.63) is 48.0 Å². The summed E-state index contributed by atoms with van der Waals surface area (Å²) >= 11 is 1.78. The standard InChI is InChI=1S/C24H33BN2O3PS/c1-23(2,24(3,4)31)30-25-22-11-8-20(16-18(22)17-28)29-19-6-9-21(10-7-19)32-27-14-12-26(5)13-15-27/h6-11,16-17H,12-15,31H2,1-5H3. The molecule has 0 aromatic heterocycles. The Morgan fingerprint density at radius 1 is 1.00 bits per heavy atom. The zero-order chi connectivity index (χ0) is 23.4. The van der Waals surface area contributed by atoms with E-state index in [1.54, 1.807) is 25.5 Å². The lowest BCUT2D eigenvalue weighted by molar-refractivity contribution is 0.0840. The number of hydrogen-bond acceptors (Lipinski definition) is 6. The van der Waals surface area contributed by atoms with Gasteiger partial charge in [0.05, 0.1) is 5.60 Å². The van der Waals surface area contributed by atoms with E-state index in [2.05, 4.69) is 51.5 Å². The van der Waals surface area contributed by atoms with Gasteiger partial charge in [0.1, 0.15) is 17.8 Å². The molecule has 1 fully saturated rings. The van der Waals surface area contributed by atoms with Gasteiger partial charge in [-0.25, -0.2) is 4.31 Å². The summed E-state index contributed by atoms with van der Waals surface area (Å²) in [7, 11) is 6.62. The number of benzene rings is 2. The molecular weight excluding hydrogens is 438 g/mol. The summed E-state index contributed by atoms with van der Waals surface area (Å²) in [4.78, 5) is 15.2. The van der Waals surface area contributed by atoms with Crippen molar-refractivity contribution >= 4 is 40.4 Å². The Kier molecular flexibility index (Phi) is 8.45. The quantitative estimate of drug-likeness (QED) is 0.236. The van der Waals surface area contributed by atoms with Crippen LogP contribution in [0.3, 0.4) is 0 Å². The fraction of sp³-hybridized carbons (Fsp3) is 0.458. The van der Waals surface area contributed by atoms with Crippen LogP contribution in [0.2, 0.25) is 0 Å². The minimum atomic E-state index is -0.406. The molecule has 0 amide bonds. The summed E-state index contributed by atoms with van der Waals surface area (Å²) in [5, 5.41) is -0.122. The van der Waals surface area contributed by atoms with Gasteiger partial charge in [-0.3, -0.25) is 4.79 Å². The summed E-state index contributed by atoms with van der Waals surface area (Å²) in [6.07, 6.45) is 0.830. The third-order valence-corrected chi connectivity index (χ3v) is 7.78. The number of aldehydes is 1. The van der Waals surface area contributed by atoms with Gasteiger partial charge in [0.2, 0.25) is 0 Å². The maximum Gasteiger partial charge on any atom is 0.331 e. The molecule has 0 N–H and O–H groups in total.